The molecule has 0 atom stereocenters. The van der Waals surface area contributed by atoms with Gasteiger partial charge in [0, 0.05) is 23.0 Å². The summed E-state index contributed by atoms with van der Waals surface area (Å²) in [7, 11) is 0. The first-order chi connectivity index (χ1) is 14.7. The molecule has 30 heavy (non-hydrogen) atoms. The number of fused-ring (bicyclic) bond motifs is 2. The van der Waals surface area contributed by atoms with Crippen LogP contribution in [0.5, 0.6) is 11.5 Å². The quantitative estimate of drug-likeness (QED) is 0.486. The van der Waals surface area contributed by atoms with Crippen LogP contribution < -0.4 is 20.1 Å². The van der Waals surface area contributed by atoms with Gasteiger partial charge in [0.1, 0.15) is 0 Å². The van der Waals surface area contributed by atoms with E-state index in [2.05, 4.69) is 20.6 Å². The smallest absolute Gasteiger partial charge is 0.257 e. The summed E-state index contributed by atoms with van der Waals surface area (Å²) in [5.41, 5.74) is 3.12. The van der Waals surface area contributed by atoms with Crippen molar-refractivity contribution in [2.24, 2.45) is 0 Å². The first-order valence-corrected chi connectivity index (χ1v) is 9.40. The van der Waals surface area contributed by atoms with Crippen molar-refractivity contribution in [2.45, 2.75) is 0 Å². The van der Waals surface area contributed by atoms with E-state index in [1.807, 2.05) is 30.3 Å². The second-order valence-corrected chi connectivity index (χ2v) is 6.81. The van der Waals surface area contributed by atoms with Gasteiger partial charge in [0.05, 0.1) is 0 Å². The van der Waals surface area contributed by atoms with E-state index >= 15 is 0 Å². The van der Waals surface area contributed by atoms with Gasteiger partial charge in [-0.3, -0.25) is 10.1 Å². The maximum atomic E-state index is 12.4. The minimum atomic E-state index is -0.346. The van der Waals surface area contributed by atoms with Crippen molar-refractivity contribution in [2.75, 3.05) is 12.1 Å². The minimum absolute atomic E-state index is 0.149. The molecule has 3 heterocycles. The van der Waals surface area contributed by atoms with E-state index in [9.17, 15) is 4.79 Å². The van der Waals surface area contributed by atoms with E-state index in [4.69, 9.17) is 26.1 Å². The monoisotopic (exact) mass is 418 g/mol. The largest absolute Gasteiger partial charge is 0.454 e. The molecule has 9 heteroatoms. The van der Waals surface area contributed by atoms with Crippen molar-refractivity contribution >= 4 is 40.2 Å². The van der Waals surface area contributed by atoms with Crippen LogP contribution in [0.15, 0.2) is 65.2 Å². The molecule has 2 aromatic heterocycles. The average Bonchev–Trinajstić information content (AvgIpc) is 3.40. The average molecular weight is 418 g/mol. The molecule has 2 N–H and O–H groups in total. The number of pyridine rings is 1. The van der Waals surface area contributed by atoms with Crippen molar-refractivity contribution in [3.8, 4) is 23.0 Å². The summed E-state index contributed by atoms with van der Waals surface area (Å²) in [5.74, 6) is 1.28. The van der Waals surface area contributed by atoms with Gasteiger partial charge in [-0.15, -0.1) is 0 Å². The lowest BCUT2D eigenvalue weighted by molar-refractivity contribution is 0.0977. The van der Waals surface area contributed by atoms with Crippen LogP contribution >= 0.6 is 12.2 Å². The molecule has 8 nitrogen and oxygen atoms in total. The number of carbonyl (C=O) groups is 1. The Hall–Kier alpha value is -3.98. The van der Waals surface area contributed by atoms with Crippen LogP contribution in [-0.2, 0) is 0 Å². The topological polar surface area (TPSA) is 98.5 Å². The number of thiocarbonyl (C=S) groups is 1. The summed E-state index contributed by atoms with van der Waals surface area (Å²) in [5, 5.41) is 5.80. The minimum Gasteiger partial charge on any atom is -0.454 e. The molecule has 1 aliphatic heterocycles. The number of benzene rings is 2. The lowest BCUT2D eigenvalue weighted by Gasteiger charge is -2.10. The number of carbonyl (C=O) groups excluding carboxylic acids is 1. The van der Waals surface area contributed by atoms with Gasteiger partial charge in [-0.1, -0.05) is 0 Å². The predicted octanol–water partition coefficient (Wildman–Crippen LogP) is 3.75. The van der Waals surface area contributed by atoms with Crippen LogP contribution in [-0.4, -0.2) is 27.8 Å². The maximum absolute atomic E-state index is 12.4. The van der Waals surface area contributed by atoms with E-state index in [-0.39, 0.29) is 17.8 Å². The lowest BCUT2D eigenvalue weighted by Crippen LogP contribution is -2.34. The third-order valence-corrected chi connectivity index (χ3v) is 4.62. The summed E-state index contributed by atoms with van der Waals surface area (Å²) >= 11 is 5.24. The zero-order valence-electron chi connectivity index (χ0n) is 15.4. The summed E-state index contributed by atoms with van der Waals surface area (Å²) in [6.45, 7) is 0.149. The van der Waals surface area contributed by atoms with Crippen molar-refractivity contribution in [3.05, 3.63) is 66.4 Å². The normalized spacial score (nSPS) is 12.0. The molecule has 0 unspecified atom stereocenters. The SMILES string of the molecule is O=C(NC(=S)Nc1ccc(-c2nc3ncccc3o2)cc1)c1ccc2c(c1)OCO2. The highest BCUT2D eigenvalue weighted by Gasteiger charge is 2.17. The second kappa shape index (κ2) is 7.45. The highest BCUT2D eigenvalue weighted by molar-refractivity contribution is 7.80. The van der Waals surface area contributed by atoms with Gasteiger partial charge in [0.15, 0.2) is 27.8 Å². The summed E-state index contributed by atoms with van der Waals surface area (Å²) < 4.78 is 16.2. The third-order valence-electron chi connectivity index (χ3n) is 4.42. The standard InChI is InChI=1S/C21H14N4O4S/c26-19(13-5-8-15-17(10-13)28-11-27-15)25-21(30)23-14-6-3-12(4-7-14)20-24-18-16(29-20)2-1-9-22-18/h1-10H,11H2,(H2,23,25,26,30). The first kappa shape index (κ1) is 18.1. The number of aromatic nitrogens is 2. The van der Waals surface area contributed by atoms with Crippen LogP contribution in [0.2, 0.25) is 0 Å². The molecule has 0 radical (unpaired) electrons. The fraction of sp³-hybridized carbons (Fsp3) is 0.0476. The predicted molar refractivity (Wildman–Crippen MR) is 113 cm³/mol. The van der Waals surface area contributed by atoms with Crippen LogP contribution in [0.3, 0.4) is 0 Å². The summed E-state index contributed by atoms with van der Waals surface area (Å²) in [6.07, 6.45) is 1.67. The number of ether oxygens (including phenoxy) is 2. The van der Waals surface area contributed by atoms with E-state index in [0.29, 0.717) is 39.9 Å². The Morgan fingerprint density at radius 2 is 1.87 bits per heavy atom. The van der Waals surface area contributed by atoms with Crippen molar-refractivity contribution in [1.82, 2.24) is 15.3 Å². The molecule has 0 saturated heterocycles. The number of rotatable bonds is 3. The molecule has 0 saturated carbocycles. The number of hydrogen-bond donors (Lipinski definition) is 2. The number of nitrogens with one attached hydrogen (secondary N) is 2. The van der Waals surface area contributed by atoms with Crippen molar-refractivity contribution in [1.29, 1.82) is 0 Å². The Kier molecular flexibility index (Phi) is 4.49. The molecule has 5 rings (SSSR count). The zero-order chi connectivity index (χ0) is 20.5. The van der Waals surface area contributed by atoms with E-state index in [1.54, 1.807) is 30.5 Å². The van der Waals surface area contributed by atoms with E-state index in [0.717, 1.165) is 5.56 Å². The fourth-order valence-corrected chi connectivity index (χ4v) is 3.17. The van der Waals surface area contributed by atoms with Gasteiger partial charge in [-0.25, -0.2) is 4.98 Å². The van der Waals surface area contributed by atoms with Gasteiger partial charge >= 0.3 is 0 Å². The highest BCUT2D eigenvalue weighted by Crippen LogP contribution is 2.32. The highest BCUT2D eigenvalue weighted by atomic mass is 32.1. The number of oxazole rings is 1. The first-order valence-electron chi connectivity index (χ1n) is 9.00. The van der Waals surface area contributed by atoms with Crippen LogP contribution in [0.25, 0.3) is 22.7 Å². The molecular formula is C21H14N4O4S. The Balaban J connectivity index is 1.24. The Morgan fingerprint density at radius 1 is 1.03 bits per heavy atom. The molecule has 2 aromatic carbocycles. The molecule has 0 aliphatic carbocycles. The summed E-state index contributed by atoms with van der Waals surface area (Å²) in [4.78, 5) is 20.9. The van der Waals surface area contributed by atoms with Gasteiger partial charge in [-0.2, -0.15) is 4.98 Å². The van der Waals surface area contributed by atoms with Crippen LogP contribution in [0, 0.1) is 0 Å². The molecule has 1 amide bonds. The molecule has 0 spiro atoms. The van der Waals surface area contributed by atoms with Gasteiger partial charge in [0.25, 0.3) is 5.91 Å². The maximum Gasteiger partial charge on any atom is 0.257 e. The number of anilines is 1. The third kappa shape index (κ3) is 3.53. The van der Waals surface area contributed by atoms with Crippen LogP contribution in [0.4, 0.5) is 5.69 Å². The van der Waals surface area contributed by atoms with Crippen molar-refractivity contribution in [3.63, 3.8) is 0 Å². The Bertz CT molecular complexity index is 1240. The van der Waals surface area contributed by atoms with Gasteiger partial charge in [0.2, 0.25) is 12.7 Å². The number of hydrogen-bond acceptors (Lipinski definition) is 7. The number of amides is 1. The summed E-state index contributed by atoms with van der Waals surface area (Å²) in [6, 6.07) is 15.9. The Labute approximate surface area is 175 Å². The van der Waals surface area contributed by atoms with Gasteiger partial charge in [-0.05, 0) is 66.8 Å². The van der Waals surface area contributed by atoms with Crippen molar-refractivity contribution < 1.29 is 18.7 Å². The fourth-order valence-electron chi connectivity index (χ4n) is 2.96. The lowest BCUT2D eigenvalue weighted by atomic mass is 10.2. The van der Waals surface area contributed by atoms with Crippen LogP contribution in [0.1, 0.15) is 10.4 Å². The van der Waals surface area contributed by atoms with E-state index in [1.165, 1.54) is 0 Å². The molecule has 0 bridgehead atoms. The Morgan fingerprint density at radius 3 is 2.70 bits per heavy atom. The van der Waals surface area contributed by atoms with Gasteiger partial charge < -0.3 is 19.2 Å². The second-order valence-electron chi connectivity index (χ2n) is 6.40. The van der Waals surface area contributed by atoms with E-state index < -0.39 is 0 Å². The molecular weight excluding hydrogens is 404 g/mol. The molecule has 0 fully saturated rings. The molecule has 148 valence electrons. The number of nitrogens with zero attached hydrogens (tertiary/aromatic N) is 2. The zero-order valence-corrected chi connectivity index (χ0v) is 16.2. The molecule has 4 aromatic rings. The molecule has 1 aliphatic rings.